The molecule has 2 rings (SSSR count). The molecule has 0 saturated carbocycles. The van der Waals surface area contributed by atoms with Crippen LogP contribution in [-0.2, 0) is 6.54 Å². The van der Waals surface area contributed by atoms with Gasteiger partial charge in [-0.2, -0.15) is 0 Å². The predicted octanol–water partition coefficient (Wildman–Crippen LogP) is 1.90. The summed E-state index contributed by atoms with van der Waals surface area (Å²) in [6.45, 7) is -0.132. The summed E-state index contributed by atoms with van der Waals surface area (Å²) in [5, 5.41) is 0.521. The molecule has 0 radical (unpaired) electrons. The molecule has 68 valence electrons. The van der Waals surface area contributed by atoms with Crippen molar-refractivity contribution >= 4 is 10.9 Å². The molecule has 1 aromatic carbocycles. The minimum absolute atomic E-state index is 0.0741. The van der Waals surface area contributed by atoms with E-state index in [-0.39, 0.29) is 12.1 Å². The molecule has 0 amide bonds. The minimum Gasteiger partial charge on any atom is -0.359 e. The third kappa shape index (κ3) is 1.10. The lowest BCUT2D eigenvalue weighted by atomic mass is 10.1. The highest BCUT2D eigenvalue weighted by molar-refractivity contribution is 5.80. The number of fused-ring (bicyclic) bond motifs is 1. The molecular formula is C9H8F2N2. The maximum atomic E-state index is 13.4. The number of aromatic nitrogens is 1. The summed E-state index contributed by atoms with van der Waals surface area (Å²) >= 11 is 0. The fourth-order valence-corrected chi connectivity index (χ4v) is 1.36. The summed E-state index contributed by atoms with van der Waals surface area (Å²) in [5.74, 6) is -1.19. The van der Waals surface area contributed by atoms with Gasteiger partial charge in [-0.1, -0.05) is 0 Å². The molecule has 0 atom stereocenters. The lowest BCUT2D eigenvalue weighted by molar-refractivity contribution is 0.564. The van der Waals surface area contributed by atoms with E-state index < -0.39 is 11.6 Å². The normalized spacial score (nSPS) is 11.0. The highest BCUT2D eigenvalue weighted by Crippen LogP contribution is 2.22. The van der Waals surface area contributed by atoms with Crippen molar-refractivity contribution in [2.75, 3.05) is 0 Å². The van der Waals surface area contributed by atoms with Crippen LogP contribution in [0.4, 0.5) is 8.78 Å². The Labute approximate surface area is 73.4 Å². The van der Waals surface area contributed by atoms with Crippen LogP contribution in [0.25, 0.3) is 10.9 Å². The number of nitrogens with one attached hydrogen (secondary N) is 1. The molecule has 2 aromatic rings. The number of aromatic amines is 1. The summed E-state index contributed by atoms with van der Waals surface area (Å²) in [6, 6.07) is 2.89. The second-order valence-electron chi connectivity index (χ2n) is 2.80. The van der Waals surface area contributed by atoms with Gasteiger partial charge in [0.05, 0.1) is 5.52 Å². The lowest BCUT2D eigenvalue weighted by Gasteiger charge is -2.02. The molecule has 0 unspecified atom stereocenters. The van der Waals surface area contributed by atoms with Crippen LogP contribution < -0.4 is 5.73 Å². The molecule has 0 aliphatic heterocycles. The molecule has 0 aliphatic rings. The van der Waals surface area contributed by atoms with Crippen LogP contribution in [0.1, 0.15) is 5.56 Å². The van der Waals surface area contributed by atoms with E-state index in [9.17, 15) is 8.78 Å². The maximum absolute atomic E-state index is 13.4. The molecule has 0 aliphatic carbocycles. The van der Waals surface area contributed by atoms with Gasteiger partial charge in [0.2, 0.25) is 0 Å². The number of nitrogens with two attached hydrogens (primary N) is 1. The third-order valence-electron chi connectivity index (χ3n) is 2.04. The first kappa shape index (κ1) is 8.19. The van der Waals surface area contributed by atoms with Crippen LogP contribution in [0, 0.1) is 11.6 Å². The Morgan fingerprint density at radius 2 is 2.15 bits per heavy atom. The Kier molecular flexibility index (Phi) is 1.77. The molecule has 0 saturated heterocycles. The predicted molar refractivity (Wildman–Crippen MR) is 46.1 cm³/mol. The van der Waals surface area contributed by atoms with Crippen molar-refractivity contribution in [1.29, 1.82) is 0 Å². The highest BCUT2D eigenvalue weighted by atomic mass is 19.1. The van der Waals surface area contributed by atoms with Gasteiger partial charge in [0.25, 0.3) is 0 Å². The monoisotopic (exact) mass is 182 g/mol. The van der Waals surface area contributed by atoms with E-state index in [1.54, 1.807) is 12.3 Å². The van der Waals surface area contributed by atoms with Crippen molar-refractivity contribution in [3.8, 4) is 0 Å². The summed E-state index contributed by atoms with van der Waals surface area (Å²) in [4.78, 5) is 2.69. The third-order valence-corrected chi connectivity index (χ3v) is 2.04. The fourth-order valence-electron chi connectivity index (χ4n) is 1.36. The molecule has 0 bridgehead atoms. The van der Waals surface area contributed by atoms with Crippen LogP contribution >= 0.6 is 0 Å². The Morgan fingerprint density at radius 1 is 1.38 bits per heavy atom. The Bertz CT molecular complexity index is 448. The average Bonchev–Trinajstić information content (AvgIpc) is 2.53. The topological polar surface area (TPSA) is 41.8 Å². The largest absolute Gasteiger partial charge is 0.359 e. The van der Waals surface area contributed by atoms with Gasteiger partial charge < -0.3 is 10.7 Å². The standard InChI is InChI=1S/C9H8F2N2/c10-7-3-5-1-2-13-9(5)8(11)6(7)4-12/h1-3,13H,4,12H2. The van der Waals surface area contributed by atoms with E-state index in [1.807, 2.05) is 0 Å². The van der Waals surface area contributed by atoms with Crippen LogP contribution in [-0.4, -0.2) is 4.98 Å². The van der Waals surface area contributed by atoms with Gasteiger partial charge in [-0.05, 0) is 12.1 Å². The average molecular weight is 182 g/mol. The Morgan fingerprint density at radius 3 is 2.85 bits per heavy atom. The highest BCUT2D eigenvalue weighted by Gasteiger charge is 2.12. The summed E-state index contributed by atoms with van der Waals surface area (Å²) in [7, 11) is 0. The Balaban J connectivity index is 2.85. The summed E-state index contributed by atoms with van der Waals surface area (Å²) in [5.41, 5.74) is 5.45. The first-order chi connectivity index (χ1) is 6.24. The summed E-state index contributed by atoms with van der Waals surface area (Å²) < 4.78 is 26.5. The van der Waals surface area contributed by atoms with Gasteiger partial charge >= 0.3 is 0 Å². The number of H-pyrrole nitrogens is 1. The summed E-state index contributed by atoms with van der Waals surface area (Å²) in [6.07, 6.45) is 1.56. The van der Waals surface area contributed by atoms with Gasteiger partial charge in [0.15, 0.2) is 5.82 Å². The molecule has 0 fully saturated rings. The van der Waals surface area contributed by atoms with E-state index in [4.69, 9.17) is 5.73 Å². The zero-order valence-electron chi connectivity index (χ0n) is 6.77. The van der Waals surface area contributed by atoms with Crippen LogP contribution in [0.5, 0.6) is 0 Å². The molecular weight excluding hydrogens is 174 g/mol. The minimum atomic E-state index is -0.595. The molecule has 0 spiro atoms. The number of rotatable bonds is 1. The lowest BCUT2D eigenvalue weighted by Crippen LogP contribution is -2.03. The van der Waals surface area contributed by atoms with Crippen molar-refractivity contribution < 1.29 is 8.78 Å². The maximum Gasteiger partial charge on any atom is 0.154 e. The van der Waals surface area contributed by atoms with E-state index in [0.717, 1.165) is 0 Å². The smallest absolute Gasteiger partial charge is 0.154 e. The van der Waals surface area contributed by atoms with Gasteiger partial charge in [0.1, 0.15) is 5.82 Å². The molecule has 1 heterocycles. The van der Waals surface area contributed by atoms with Crippen molar-refractivity contribution in [2.45, 2.75) is 6.54 Å². The van der Waals surface area contributed by atoms with Gasteiger partial charge in [0, 0.05) is 23.7 Å². The van der Waals surface area contributed by atoms with Crippen LogP contribution in [0.15, 0.2) is 18.3 Å². The van der Waals surface area contributed by atoms with Gasteiger partial charge in [-0.15, -0.1) is 0 Å². The Hall–Kier alpha value is -1.42. The van der Waals surface area contributed by atoms with Gasteiger partial charge in [-0.25, -0.2) is 8.78 Å². The zero-order valence-corrected chi connectivity index (χ0v) is 6.77. The van der Waals surface area contributed by atoms with Crippen LogP contribution in [0.2, 0.25) is 0 Å². The number of benzene rings is 1. The SMILES string of the molecule is NCc1c(F)cc2cc[nH]c2c1F. The first-order valence-corrected chi connectivity index (χ1v) is 3.88. The quantitative estimate of drug-likeness (QED) is 0.694. The second-order valence-corrected chi connectivity index (χ2v) is 2.80. The molecule has 1 aromatic heterocycles. The van der Waals surface area contributed by atoms with Gasteiger partial charge in [-0.3, -0.25) is 0 Å². The fraction of sp³-hybridized carbons (Fsp3) is 0.111. The number of hydrogen-bond donors (Lipinski definition) is 2. The van der Waals surface area contributed by atoms with E-state index in [0.29, 0.717) is 10.9 Å². The zero-order chi connectivity index (χ0) is 9.42. The van der Waals surface area contributed by atoms with Crippen molar-refractivity contribution in [2.24, 2.45) is 5.73 Å². The van der Waals surface area contributed by atoms with Crippen molar-refractivity contribution in [1.82, 2.24) is 4.98 Å². The van der Waals surface area contributed by atoms with Crippen molar-refractivity contribution in [3.63, 3.8) is 0 Å². The van der Waals surface area contributed by atoms with Crippen LogP contribution in [0.3, 0.4) is 0 Å². The van der Waals surface area contributed by atoms with E-state index >= 15 is 0 Å². The molecule has 4 heteroatoms. The van der Waals surface area contributed by atoms with E-state index in [1.165, 1.54) is 6.07 Å². The first-order valence-electron chi connectivity index (χ1n) is 3.88. The molecule has 13 heavy (non-hydrogen) atoms. The van der Waals surface area contributed by atoms with E-state index in [2.05, 4.69) is 4.98 Å². The second kappa shape index (κ2) is 2.81. The molecule has 3 N–H and O–H groups in total. The number of halogens is 2. The number of hydrogen-bond acceptors (Lipinski definition) is 1. The molecule has 2 nitrogen and oxygen atoms in total. The van der Waals surface area contributed by atoms with Crippen molar-refractivity contribution in [3.05, 3.63) is 35.5 Å².